The molecule has 3 heteroatoms. The van der Waals surface area contributed by atoms with E-state index in [1.165, 1.54) is 17.5 Å². The van der Waals surface area contributed by atoms with Gasteiger partial charge in [-0.15, -0.1) is 0 Å². The topological polar surface area (TPSA) is 21.7 Å². The van der Waals surface area contributed by atoms with E-state index < -0.39 is 0 Å². The number of unbranched alkanes of at least 4 members (excludes halogenated alkanes) is 1. The van der Waals surface area contributed by atoms with Crippen LogP contribution in [0.1, 0.15) is 58.6 Å². The van der Waals surface area contributed by atoms with Crippen molar-refractivity contribution in [3.05, 3.63) is 29.3 Å². The Kier molecular flexibility index (Phi) is 6.70. The molecule has 1 aromatic rings. The summed E-state index contributed by atoms with van der Waals surface area (Å²) in [6.45, 7) is 17.2. The van der Waals surface area contributed by atoms with Crippen molar-refractivity contribution in [2.24, 2.45) is 0 Å². The third-order valence-electron chi connectivity index (χ3n) is 4.56. The fourth-order valence-corrected chi connectivity index (χ4v) is 3.44. The Bertz CT molecular complexity index is 511. The van der Waals surface area contributed by atoms with E-state index in [2.05, 4.69) is 64.6 Å². The molecule has 3 nitrogen and oxygen atoms in total. The summed E-state index contributed by atoms with van der Waals surface area (Å²) in [5, 5.41) is 0. The number of rotatable bonds is 6. The number of benzene rings is 1. The molecule has 2 atom stereocenters. The lowest BCUT2D eigenvalue weighted by Gasteiger charge is -2.35. The van der Waals surface area contributed by atoms with E-state index in [1.807, 2.05) is 0 Å². The average Bonchev–Trinajstić information content (AvgIpc) is 2.46. The molecule has 0 aliphatic carbocycles. The highest BCUT2D eigenvalue weighted by Crippen LogP contribution is 2.32. The number of morpholine rings is 1. The molecule has 1 saturated heterocycles. The van der Waals surface area contributed by atoms with Crippen molar-refractivity contribution < 1.29 is 9.47 Å². The van der Waals surface area contributed by atoms with Crippen LogP contribution in [-0.4, -0.2) is 43.3 Å². The van der Waals surface area contributed by atoms with Crippen LogP contribution < -0.4 is 4.74 Å². The standard InChI is InChI=1S/C21H35NO2/c1-16-9-10-20(19(13-16)21(4,5)6)23-12-8-7-11-22-14-17(2)24-18(3)15-22/h9-10,13,17-18H,7-8,11-12,14-15H2,1-6H3/t17-,18+. The predicted molar refractivity (Wildman–Crippen MR) is 101 cm³/mol. The SMILES string of the molecule is Cc1ccc(OCCCCN2C[C@@H](C)O[C@@H](C)C2)c(C(C)(C)C)c1. The zero-order chi connectivity index (χ0) is 17.7. The molecule has 0 bridgehead atoms. The van der Waals surface area contributed by atoms with Gasteiger partial charge in [-0.3, -0.25) is 4.90 Å². The molecule has 1 fully saturated rings. The summed E-state index contributed by atoms with van der Waals surface area (Å²) in [6, 6.07) is 6.52. The first-order valence-electron chi connectivity index (χ1n) is 9.37. The molecule has 0 N–H and O–H groups in total. The second-order valence-corrected chi connectivity index (χ2v) is 8.32. The summed E-state index contributed by atoms with van der Waals surface area (Å²) in [6.07, 6.45) is 2.98. The van der Waals surface area contributed by atoms with E-state index in [9.17, 15) is 0 Å². The summed E-state index contributed by atoms with van der Waals surface area (Å²) in [5.74, 6) is 1.04. The van der Waals surface area contributed by atoms with Crippen molar-refractivity contribution in [2.45, 2.75) is 72.0 Å². The fourth-order valence-electron chi connectivity index (χ4n) is 3.44. The van der Waals surface area contributed by atoms with Gasteiger partial charge in [0.2, 0.25) is 0 Å². The van der Waals surface area contributed by atoms with Gasteiger partial charge in [-0.1, -0.05) is 38.5 Å². The first kappa shape index (κ1) is 19.3. The number of hydrogen-bond acceptors (Lipinski definition) is 3. The predicted octanol–water partition coefficient (Wildman–Crippen LogP) is 4.56. The van der Waals surface area contributed by atoms with Crippen LogP contribution in [0.5, 0.6) is 5.75 Å². The largest absolute Gasteiger partial charge is 0.493 e. The van der Waals surface area contributed by atoms with E-state index in [0.717, 1.165) is 38.4 Å². The Hall–Kier alpha value is -1.06. The summed E-state index contributed by atoms with van der Waals surface area (Å²) >= 11 is 0. The quantitative estimate of drug-likeness (QED) is 0.712. The summed E-state index contributed by atoms with van der Waals surface area (Å²) in [4.78, 5) is 2.52. The van der Waals surface area contributed by atoms with Gasteiger partial charge in [0.05, 0.1) is 18.8 Å². The second kappa shape index (κ2) is 8.35. The van der Waals surface area contributed by atoms with Crippen LogP contribution in [0.3, 0.4) is 0 Å². The minimum Gasteiger partial charge on any atom is -0.493 e. The Morgan fingerprint density at radius 3 is 2.42 bits per heavy atom. The van der Waals surface area contributed by atoms with Gasteiger partial charge in [0.25, 0.3) is 0 Å². The van der Waals surface area contributed by atoms with E-state index in [4.69, 9.17) is 9.47 Å². The summed E-state index contributed by atoms with van der Waals surface area (Å²) in [7, 11) is 0. The number of nitrogens with zero attached hydrogens (tertiary/aromatic N) is 1. The molecule has 2 rings (SSSR count). The molecule has 0 saturated carbocycles. The summed E-state index contributed by atoms with van der Waals surface area (Å²) in [5.41, 5.74) is 2.71. The van der Waals surface area contributed by atoms with Crippen LogP contribution in [0.4, 0.5) is 0 Å². The first-order chi connectivity index (χ1) is 11.3. The minimum atomic E-state index is 0.113. The van der Waals surface area contributed by atoms with Gasteiger partial charge < -0.3 is 9.47 Å². The molecule has 0 spiro atoms. The molecule has 0 unspecified atom stereocenters. The van der Waals surface area contributed by atoms with Gasteiger partial charge in [0.15, 0.2) is 0 Å². The third kappa shape index (κ3) is 5.78. The van der Waals surface area contributed by atoms with Gasteiger partial charge in [0, 0.05) is 13.1 Å². The summed E-state index contributed by atoms with van der Waals surface area (Å²) < 4.78 is 11.9. The van der Waals surface area contributed by atoms with E-state index in [0.29, 0.717) is 12.2 Å². The Morgan fingerprint density at radius 2 is 1.79 bits per heavy atom. The monoisotopic (exact) mass is 333 g/mol. The number of hydrogen-bond donors (Lipinski definition) is 0. The van der Waals surface area contributed by atoms with Gasteiger partial charge in [-0.2, -0.15) is 0 Å². The lowest BCUT2D eigenvalue weighted by molar-refractivity contribution is -0.0682. The number of aryl methyl sites for hydroxylation is 1. The van der Waals surface area contributed by atoms with Crippen molar-refractivity contribution in [3.8, 4) is 5.75 Å². The van der Waals surface area contributed by atoms with Crippen LogP contribution in [0.2, 0.25) is 0 Å². The van der Waals surface area contributed by atoms with Crippen LogP contribution in [-0.2, 0) is 10.2 Å². The minimum absolute atomic E-state index is 0.113. The Labute approximate surface area is 148 Å². The molecule has 1 aliphatic heterocycles. The molecule has 0 aromatic heterocycles. The first-order valence-corrected chi connectivity index (χ1v) is 9.37. The van der Waals surface area contributed by atoms with Crippen LogP contribution >= 0.6 is 0 Å². The van der Waals surface area contributed by atoms with Gasteiger partial charge in [-0.25, -0.2) is 0 Å². The van der Waals surface area contributed by atoms with Crippen LogP contribution in [0.25, 0.3) is 0 Å². The Morgan fingerprint density at radius 1 is 1.12 bits per heavy atom. The molecular formula is C21H35NO2. The highest BCUT2D eigenvalue weighted by Gasteiger charge is 2.21. The van der Waals surface area contributed by atoms with Crippen molar-refractivity contribution in [1.29, 1.82) is 0 Å². The molecule has 24 heavy (non-hydrogen) atoms. The van der Waals surface area contributed by atoms with E-state index >= 15 is 0 Å². The molecule has 136 valence electrons. The normalized spacial score (nSPS) is 22.6. The van der Waals surface area contributed by atoms with Gasteiger partial charge in [0.1, 0.15) is 5.75 Å². The van der Waals surface area contributed by atoms with Gasteiger partial charge >= 0.3 is 0 Å². The molecule has 1 aromatic carbocycles. The lowest BCUT2D eigenvalue weighted by Crippen LogP contribution is -2.45. The molecule has 1 aliphatic rings. The third-order valence-corrected chi connectivity index (χ3v) is 4.56. The maximum Gasteiger partial charge on any atom is 0.123 e. The average molecular weight is 334 g/mol. The van der Waals surface area contributed by atoms with Crippen LogP contribution in [0, 0.1) is 6.92 Å². The van der Waals surface area contributed by atoms with E-state index in [1.54, 1.807) is 0 Å². The Balaban J connectivity index is 1.77. The molecule has 0 radical (unpaired) electrons. The second-order valence-electron chi connectivity index (χ2n) is 8.32. The van der Waals surface area contributed by atoms with Crippen molar-refractivity contribution in [2.75, 3.05) is 26.2 Å². The molecular weight excluding hydrogens is 298 g/mol. The number of ether oxygens (including phenoxy) is 2. The zero-order valence-corrected chi connectivity index (χ0v) is 16.4. The lowest BCUT2D eigenvalue weighted by atomic mass is 9.85. The smallest absolute Gasteiger partial charge is 0.123 e. The molecule has 0 amide bonds. The fraction of sp³-hybridized carbons (Fsp3) is 0.714. The van der Waals surface area contributed by atoms with Crippen molar-refractivity contribution in [1.82, 2.24) is 4.90 Å². The molecule has 1 heterocycles. The highest BCUT2D eigenvalue weighted by molar-refractivity contribution is 5.41. The van der Waals surface area contributed by atoms with Gasteiger partial charge in [-0.05, 0) is 57.2 Å². The zero-order valence-electron chi connectivity index (χ0n) is 16.4. The highest BCUT2D eigenvalue weighted by atomic mass is 16.5. The maximum absolute atomic E-state index is 6.11. The van der Waals surface area contributed by atoms with Crippen molar-refractivity contribution >= 4 is 0 Å². The van der Waals surface area contributed by atoms with Crippen molar-refractivity contribution in [3.63, 3.8) is 0 Å². The maximum atomic E-state index is 6.11. The van der Waals surface area contributed by atoms with E-state index in [-0.39, 0.29) is 5.41 Å². The van der Waals surface area contributed by atoms with Crippen LogP contribution in [0.15, 0.2) is 18.2 Å².